The van der Waals surface area contributed by atoms with E-state index in [9.17, 15) is 19.8 Å². The second-order valence-corrected chi connectivity index (χ2v) is 8.35. The molecule has 0 bridgehead atoms. The number of carbonyl (C=O) groups excluding carboxylic acids is 1. The van der Waals surface area contributed by atoms with E-state index in [1.165, 1.54) is 6.07 Å². The van der Waals surface area contributed by atoms with Crippen LogP contribution in [0.2, 0.25) is 0 Å². The van der Waals surface area contributed by atoms with Gasteiger partial charge < -0.3 is 20.3 Å². The zero-order valence-corrected chi connectivity index (χ0v) is 18.3. The number of benzene rings is 4. The van der Waals surface area contributed by atoms with Gasteiger partial charge in [-0.1, -0.05) is 78.9 Å². The van der Waals surface area contributed by atoms with Crippen LogP contribution in [0.15, 0.2) is 84.9 Å². The number of aliphatic carboxylic acids is 1. The minimum Gasteiger partial charge on any atom is -0.507 e. The number of phenols is 1. The topological polar surface area (TPSA) is 95.9 Å². The van der Waals surface area contributed by atoms with Crippen LogP contribution in [0.25, 0.3) is 21.9 Å². The molecule has 0 aromatic heterocycles. The number of fused-ring (bicyclic) bond motifs is 4. The molecule has 4 aromatic carbocycles. The van der Waals surface area contributed by atoms with Crippen LogP contribution >= 0.6 is 0 Å². The van der Waals surface area contributed by atoms with Crippen LogP contribution in [0, 0.1) is 0 Å². The molecular weight excluding hydrogens is 430 g/mol. The van der Waals surface area contributed by atoms with Crippen LogP contribution in [0.4, 0.5) is 4.79 Å². The number of alkyl carbamates (subject to hydrolysis) is 1. The predicted molar refractivity (Wildman–Crippen MR) is 129 cm³/mol. The Kier molecular flexibility index (Phi) is 5.64. The van der Waals surface area contributed by atoms with Crippen LogP contribution in [0.1, 0.15) is 22.6 Å². The van der Waals surface area contributed by atoms with Gasteiger partial charge in [-0.25, -0.2) is 9.59 Å². The number of carboxylic acids is 1. The fourth-order valence-corrected chi connectivity index (χ4v) is 4.73. The Morgan fingerprint density at radius 2 is 1.41 bits per heavy atom. The third-order valence-corrected chi connectivity index (χ3v) is 6.35. The van der Waals surface area contributed by atoms with Crippen molar-refractivity contribution in [2.45, 2.75) is 18.4 Å². The fourth-order valence-electron chi connectivity index (χ4n) is 4.73. The zero-order chi connectivity index (χ0) is 23.7. The first-order chi connectivity index (χ1) is 16.5. The fraction of sp³-hybridized carbons (Fsp3) is 0.143. The molecule has 0 spiro atoms. The van der Waals surface area contributed by atoms with Crippen molar-refractivity contribution < 1.29 is 24.5 Å². The molecule has 0 heterocycles. The summed E-state index contributed by atoms with van der Waals surface area (Å²) in [4.78, 5) is 24.5. The third-order valence-electron chi connectivity index (χ3n) is 6.35. The molecule has 1 aliphatic carbocycles. The summed E-state index contributed by atoms with van der Waals surface area (Å²) in [5, 5.41) is 23.7. The molecule has 0 radical (unpaired) electrons. The SMILES string of the molecule is O=C(N[C@@H](Cc1ccc(O)c2ccccc12)C(=O)O)OCC1c2ccccc2-c2ccccc21. The Balaban J connectivity index is 1.30. The van der Waals surface area contributed by atoms with Gasteiger partial charge in [-0.05, 0) is 39.3 Å². The minimum absolute atomic E-state index is 0.0559. The first kappa shape index (κ1) is 21.5. The molecule has 0 unspecified atom stereocenters. The van der Waals surface area contributed by atoms with Crippen molar-refractivity contribution in [3.63, 3.8) is 0 Å². The summed E-state index contributed by atoms with van der Waals surface area (Å²) in [6, 6.07) is 25.3. The van der Waals surface area contributed by atoms with Crippen molar-refractivity contribution in [3.8, 4) is 16.9 Å². The highest BCUT2D eigenvalue weighted by Gasteiger charge is 2.30. The second-order valence-electron chi connectivity index (χ2n) is 8.35. The monoisotopic (exact) mass is 453 g/mol. The standard InChI is InChI=1S/C28H23NO5/c30-26-14-13-17(18-7-1-6-12-23(18)26)15-25(27(31)32)29-28(33)34-16-24-21-10-4-2-8-19(21)20-9-3-5-11-22(20)24/h1-14,24-25,30H,15-16H2,(H,29,33)(H,31,32)/t25-/m0/s1. The number of carbonyl (C=O) groups is 2. The molecule has 0 saturated heterocycles. The van der Waals surface area contributed by atoms with Crippen LogP contribution in [0.3, 0.4) is 0 Å². The van der Waals surface area contributed by atoms with Gasteiger partial charge in [0.2, 0.25) is 0 Å². The van der Waals surface area contributed by atoms with Crippen LogP contribution in [-0.4, -0.2) is 34.9 Å². The molecule has 4 aromatic rings. The van der Waals surface area contributed by atoms with Gasteiger partial charge in [0.15, 0.2) is 0 Å². The molecule has 1 atom stereocenters. The molecule has 6 heteroatoms. The number of carboxylic acid groups (broad SMARTS) is 1. The van der Waals surface area contributed by atoms with E-state index in [0.717, 1.165) is 27.6 Å². The number of hydrogen-bond donors (Lipinski definition) is 3. The smallest absolute Gasteiger partial charge is 0.407 e. The van der Waals surface area contributed by atoms with Crippen LogP contribution < -0.4 is 5.32 Å². The Hall–Kier alpha value is -4.32. The molecule has 0 fully saturated rings. The van der Waals surface area contributed by atoms with Gasteiger partial charge in [0, 0.05) is 17.7 Å². The maximum absolute atomic E-state index is 12.6. The van der Waals surface area contributed by atoms with E-state index in [1.54, 1.807) is 18.2 Å². The van der Waals surface area contributed by atoms with Gasteiger partial charge >= 0.3 is 12.1 Å². The van der Waals surface area contributed by atoms with Gasteiger partial charge in [-0.2, -0.15) is 0 Å². The van der Waals surface area contributed by atoms with Crippen molar-refractivity contribution in [1.29, 1.82) is 0 Å². The summed E-state index contributed by atoms with van der Waals surface area (Å²) in [5.74, 6) is -1.15. The number of amides is 1. The highest BCUT2D eigenvalue weighted by molar-refractivity contribution is 5.91. The predicted octanol–water partition coefficient (Wildman–Crippen LogP) is 5.08. The average molecular weight is 453 g/mol. The lowest BCUT2D eigenvalue weighted by atomic mass is 9.98. The highest BCUT2D eigenvalue weighted by Crippen LogP contribution is 2.44. The van der Waals surface area contributed by atoms with E-state index in [-0.39, 0.29) is 24.7 Å². The molecule has 170 valence electrons. The summed E-state index contributed by atoms with van der Waals surface area (Å²) >= 11 is 0. The van der Waals surface area contributed by atoms with Crippen molar-refractivity contribution in [2.75, 3.05) is 6.61 Å². The van der Waals surface area contributed by atoms with E-state index < -0.39 is 18.1 Å². The third kappa shape index (κ3) is 3.94. The van der Waals surface area contributed by atoms with E-state index >= 15 is 0 Å². The molecule has 5 rings (SSSR count). The van der Waals surface area contributed by atoms with Crippen molar-refractivity contribution in [1.82, 2.24) is 5.32 Å². The van der Waals surface area contributed by atoms with Crippen molar-refractivity contribution >= 4 is 22.8 Å². The number of rotatable bonds is 6. The number of phenolic OH excluding ortho intramolecular Hbond substituents is 1. The molecule has 6 nitrogen and oxygen atoms in total. The Labute approximate surface area is 196 Å². The summed E-state index contributed by atoms with van der Waals surface area (Å²) in [6.07, 6.45) is -0.724. The highest BCUT2D eigenvalue weighted by atomic mass is 16.5. The quantitative estimate of drug-likeness (QED) is 0.378. The van der Waals surface area contributed by atoms with Crippen LogP contribution in [-0.2, 0) is 16.0 Å². The lowest BCUT2D eigenvalue weighted by molar-refractivity contribution is -0.139. The average Bonchev–Trinajstić information content (AvgIpc) is 3.18. The van der Waals surface area contributed by atoms with E-state index in [2.05, 4.69) is 17.4 Å². The maximum atomic E-state index is 12.6. The molecule has 0 aliphatic heterocycles. The van der Waals surface area contributed by atoms with E-state index in [0.29, 0.717) is 10.9 Å². The second kappa shape index (κ2) is 8.90. The van der Waals surface area contributed by atoms with E-state index in [1.807, 2.05) is 48.5 Å². The number of hydrogen-bond acceptors (Lipinski definition) is 4. The number of nitrogens with one attached hydrogen (secondary N) is 1. The zero-order valence-electron chi connectivity index (χ0n) is 18.3. The normalized spacial score (nSPS) is 13.2. The first-order valence-electron chi connectivity index (χ1n) is 11.1. The number of ether oxygens (including phenoxy) is 1. The van der Waals surface area contributed by atoms with Crippen molar-refractivity contribution in [3.05, 3.63) is 102 Å². The Bertz CT molecular complexity index is 1350. The lowest BCUT2D eigenvalue weighted by Crippen LogP contribution is -2.43. The largest absolute Gasteiger partial charge is 0.507 e. The summed E-state index contributed by atoms with van der Waals surface area (Å²) in [6.45, 7) is 0.105. The van der Waals surface area contributed by atoms with Gasteiger partial charge in [-0.15, -0.1) is 0 Å². The van der Waals surface area contributed by atoms with Gasteiger partial charge in [-0.3, -0.25) is 0 Å². The van der Waals surface area contributed by atoms with Crippen LogP contribution in [0.5, 0.6) is 5.75 Å². The molecule has 0 saturated carbocycles. The molecule has 1 aliphatic rings. The Morgan fingerprint density at radius 3 is 2.06 bits per heavy atom. The summed E-state index contributed by atoms with van der Waals surface area (Å²) < 4.78 is 5.51. The van der Waals surface area contributed by atoms with Crippen molar-refractivity contribution in [2.24, 2.45) is 0 Å². The molecular formula is C28H23NO5. The molecule has 1 amide bonds. The number of aromatic hydroxyl groups is 1. The van der Waals surface area contributed by atoms with Gasteiger partial charge in [0.25, 0.3) is 0 Å². The summed E-state index contributed by atoms with van der Waals surface area (Å²) in [5.41, 5.74) is 5.12. The van der Waals surface area contributed by atoms with E-state index in [4.69, 9.17) is 4.74 Å². The van der Waals surface area contributed by atoms with Gasteiger partial charge in [0.05, 0.1) is 0 Å². The Morgan fingerprint density at radius 1 is 0.824 bits per heavy atom. The lowest BCUT2D eigenvalue weighted by Gasteiger charge is -2.18. The summed E-state index contributed by atoms with van der Waals surface area (Å²) in [7, 11) is 0. The molecule has 3 N–H and O–H groups in total. The van der Waals surface area contributed by atoms with Gasteiger partial charge in [0.1, 0.15) is 18.4 Å². The molecule has 34 heavy (non-hydrogen) atoms. The first-order valence-corrected chi connectivity index (χ1v) is 11.1. The maximum Gasteiger partial charge on any atom is 0.407 e. The minimum atomic E-state index is -1.18.